The fraction of sp³-hybridized carbons (Fsp3) is 1.00. The molecule has 0 amide bonds. The lowest BCUT2D eigenvalue weighted by molar-refractivity contribution is -0.185. The number of hydrogen-bond donors (Lipinski definition) is 1. The summed E-state index contributed by atoms with van der Waals surface area (Å²) in [5.41, 5.74) is 0. The molecule has 4 heteroatoms. The van der Waals surface area contributed by atoms with E-state index < -0.39 is 0 Å². The molecule has 2 aliphatic heterocycles. The molecule has 4 nitrogen and oxygen atoms in total. The van der Waals surface area contributed by atoms with Crippen LogP contribution >= 0.6 is 0 Å². The van der Waals surface area contributed by atoms with Crippen molar-refractivity contribution in [2.24, 2.45) is 0 Å². The predicted octanol–water partition coefficient (Wildman–Crippen LogP) is 0.596. The summed E-state index contributed by atoms with van der Waals surface area (Å²) in [5.74, 6) is 0. The molecule has 0 aromatic rings. The molecule has 0 radical (unpaired) electrons. The zero-order valence-corrected chi connectivity index (χ0v) is 9.23. The predicted molar refractivity (Wildman–Crippen MR) is 56.6 cm³/mol. The number of nitrogens with zero attached hydrogens (tertiary/aromatic N) is 1. The molecule has 2 rings (SSSR count). The first-order chi connectivity index (χ1) is 7.38. The lowest BCUT2D eigenvalue weighted by atomic mass is 10.2. The van der Waals surface area contributed by atoms with Crippen LogP contribution in [0, 0.1) is 0 Å². The fourth-order valence-corrected chi connectivity index (χ4v) is 2.29. The van der Waals surface area contributed by atoms with Crippen molar-refractivity contribution in [3.05, 3.63) is 0 Å². The quantitative estimate of drug-likeness (QED) is 0.745. The van der Waals surface area contributed by atoms with Gasteiger partial charge >= 0.3 is 0 Å². The molecule has 0 aromatic heterocycles. The molecule has 15 heavy (non-hydrogen) atoms. The standard InChI is InChI=1S/C11H21NO3/c13-7-6-12-5-4-10(9-12)15-11-3-1-2-8-14-11/h10-11,13H,1-9H2/t10-,11?/m1/s1. The van der Waals surface area contributed by atoms with Crippen LogP contribution in [0.4, 0.5) is 0 Å². The molecule has 0 spiro atoms. The van der Waals surface area contributed by atoms with Crippen LogP contribution < -0.4 is 0 Å². The minimum absolute atomic E-state index is 0.0258. The topological polar surface area (TPSA) is 41.9 Å². The molecule has 0 bridgehead atoms. The van der Waals surface area contributed by atoms with Crippen molar-refractivity contribution in [1.29, 1.82) is 0 Å². The number of likely N-dealkylation sites (tertiary alicyclic amines) is 1. The highest BCUT2D eigenvalue weighted by Gasteiger charge is 2.26. The van der Waals surface area contributed by atoms with Gasteiger partial charge in [0.2, 0.25) is 0 Å². The molecule has 0 aromatic carbocycles. The highest BCUT2D eigenvalue weighted by molar-refractivity contribution is 4.76. The Hall–Kier alpha value is -0.160. The highest BCUT2D eigenvalue weighted by atomic mass is 16.7. The van der Waals surface area contributed by atoms with Gasteiger partial charge in [-0.05, 0) is 25.7 Å². The van der Waals surface area contributed by atoms with E-state index in [4.69, 9.17) is 14.6 Å². The van der Waals surface area contributed by atoms with Crippen molar-refractivity contribution in [3.8, 4) is 0 Å². The maximum Gasteiger partial charge on any atom is 0.158 e. The molecule has 2 saturated heterocycles. The molecule has 2 atom stereocenters. The van der Waals surface area contributed by atoms with Crippen LogP contribution in [-0.2, 0) is 9.47 Å². The van der Waals surface area contributed by atoms with E-state index in [9.17, 15) is 0 Å². The zero-order chi connectivity index (χ0) is 10.5. The minimum atomic E-state index is 0.0258. The van der Waals surface area contributed by atoms with Crippen LogP contribution in [0.1, 0.15) is 25.7 Å². The van der Waals surface area contributed by atoms with Gasteiger partial charge in [0.15, 0.2) is 6.29 Å². The third kappa shape index (κ3) is 3.41. The van der Waals surface area contributed by atoms with Crippen LogP contribution in [0.3, 0.4) is 0 Å². The van der Waals surface area contributed by atoms with Gasteiger partial charge in [0.1, 0.15) is 0 Å². The number of aliphatic hydroxyl groups is 1. The van der Waals surface area contributed by atoms with Gasteiger partial charge < -0.3 is 14.6 Å². The summed E-state index contributed by atoms with van der Waals surface area (Å²) in [5, 5.41) is 8.83. The summed E-state index contributed by atoms with van der Waals surface area (Å²) in [6, 6.07) is 0. The third-order valence-corrected chi connectivity index (χ3v) is 3.13. The summed E-state index contributed by atoms with van der Waals surface area (Å²) in [7, 11) is 0. The van der Waals surface area contributed by atoms with E-state index >= 15 is 0 Å². The Balaban J connectivity index is 1.67. The lowest BCUT2D eigenvalue weighted by Gasteiger charge is -2.25. The average molecular weight is 215 g/mol. The van der Waals surface area contributed by atoms with Crippen molar-refractivity contribution >= 4 is 0 Å². The smallest absolute Gasteiger partial charge is 0.158 e. The molecule has 0 aliphatic carbocycles. The van der Waals surface area contributed by atoms with E-state index in [2.05, 4.69) is 4.90 Å². The average Bonchev–Trinajstić information content (AvgIpc) is 2.68. The normalized spacial score (nSPS) is 33.4. The molecule has 2 aliphatic rings. The number of aliphatic hydroxyl groups excluding tert-OH is 1. The Morgan fingerprint density at radius 3 is 3.00 bits per heavy atom. The minimum Gasteiger partial charge on any atom is -0.395 e. The molecule has 2 heterocycles. The first-order valence-corrected chi connectivity index (χ1v) is 5.99. The lowest BCUT2D eigenvalue weighted by Crippen LogP contribution is -2.31. The van der Waals surface area contributed by atoms with Crippen molar-refractivity contribution in [3.63, 3.8) is 0 Å². The second-order valence-corrected chi connectivity index (χ2v) is 4.37. The molecular formula is C11H21NO3. The summed E-state index contributed by atoms with van der Waals surface area (Å²) >= 11 is 0. The van der Waals surface area contributed by atoms with E-state index in [1.807, 2.05) is 0 Å². The van der Waals surface area contributed by atoms with Gasteiger partial charge in [-0.3, -0.25) is 4.90 Å². The molecule has 0 saturated carbocycles. The molecule has 2 fully saturated rings. The summed E-state index contributed by atoms with van der Waals surface area (Å²) in [4.78, 5) is 2.24. The Kier molecular flexibility index (Phi) is 4.38. The second kappa shape index (κ2) is 5.80. The maximum atomic E-state index is 8.83. The van der Waals surface area contributed by atoms with Gasteiger partial charge in [0.05, 0.1) is 12.7 Å². The Bertz CT molecular complexity index is 183. The number of ether oxygens (including phenoxy) is 2. The first-order valence-electron chi connectivity index (χ1n) is 5.99. The molecular weight excluding hydrogens is 194 g/mol. The van der Waals surface area contributed by atoms with E-state index in [0.717, 1.165) is 39.1 Å². The van der Waals surface area contributed by atoms with Crippen molar-refractivity contribution in [1.82, 2.24) is 4.90 Å². The summed E-state index contributed by atoms with van der Waals surface area (Å²) in [6.45, 7) is 3.84. The third-order valence-electron chi connectivity index (χ3n) is 3.13. The van der Waals surface area contributed by atoms with Crippen LogP contribution in [-0.4, -0.2) is 55.2 Å². The van der Waals surface area contributed by atoms with E-state index in [-0.39, 0.29) is 12.9 Å². The van der Waals surface area contributed by atoms with Gasteiger partial charge in [0.25, 0.3) is 0 Å². The Labute approximate surface area is 91.2 Å². The van der Waals surface area contributed by atoms with E-state index in [1.165, 1.54) is 12.8 Å². The van der Waals surface area contributed by atoms with Crippen LogP contribution in [0.25, 0.3) is 0 Å². The van der Waals surface area contributed by atoms with Crippen molar-refractivity contribution < 1.29 is 14.6 Å². The van der Waals surface area contributed by atoms with Crippen LogP contribution in [0.15, 0.2) is 0 Å². The SMILES string of the molecule is OCCN1CC[C@@H](OC2CCCCO2)C1. The number of β-amino-alcohol motifs (C(OH)–C–C–N with tert-alkyl or cyclic N) is 1. The monoisotopic (exact) mass is 215 g/mol. The van der Waals surface area contributed by atoms with Gasteiger partial charge in [-0.15, -0.1) is 0 Å². The van der Waals surface area contributed by atoms with Gasteiger partial charge in [-0.2, -0.15) is 0 Å². The highest BCUT2D eigenvalue weighted by Crippen LogP contribution is 2.19. The molecule has 1 unspecified atom stereocenters. The molecule has 1 N–H and O–H groups in total. The Morgan fingerprint density at radius 1 is 1.33 bits per heavy atom. The molecule has 88 valence electrons. The van der Waals surface area contributed by atoms with Gasteiger partial charge in [-0.25, -0.2) is 0 Å². The van der Waals surface area contributed by atoms with Crippen molar-refractivity contribution in [2.45, 2.75) is 38.1 Å². The second-order valence-electron chi connectivity index (χ2n) is 4.37. The van der Waals surface area contributed by atoms with Crippen LogP contribution in [0.2, 0.25) is 0 Å². The first kappa shape index (κ1) is 11.3. The maximum absolute atomic E-state index is 8.83. The van der Waals surface area contributed by atoms with Gasteiger partial charge in [-0.1, -0.05) is 0 Å². The van der Waals surface area contributed by atoms with E-state index in [1.54, 1.807) is 0 Å². The van der Waals surface area contributed by atoms with Crippen molar-refractivity contribution in [2.75, 3.05) is 32.8 Å². The summed E-state index contributed by atoms with van der Waals surface area (Å²) in [6.07, 6.45) is 4.83. The fourth-order valence-electron chi connectivity index (χ4n) is 2.29. The summed E-state index contributed by atoms with van der Waals surface area (Å²) < 4.78 is 11.4. The number of rotatable bonds is 4. The Morgan fingerprint density at radius 2 is 2.27 bits per heavy atom. The number of hydrogen-bond acceptors (Lipinski definition) is 4. The van der Waals surface area contributed by atoms with E-state index in [0.29, 0.717) is 6.10 Å². The zero-order valence-electron chi connectivity index (χ0n) is 9.23. The van der Waals surface area contributed by atoms with Crippen LogP contribution in [0.5, 0.6) is 0 Å². The largest absolute Gasteiger partial charge is 0.395 e. The van der Waals surface area contributed by atoms with Gasteiger partial charge in [0, 0.05) is 26.2 Å².